The molecule has 0 saturated heterocycles. The molecule has 0 aromatic heterocycles. The molecule has 176 valence electrons. The fourth-order valence-electron chi connectivity index (χ4n) is 4.56. The number of hydrogen-bond donors (Lipinski definition) is 1. The highest BCUT2D eigenvalue weighted by Gasteiger charge is 2.38. The molecule has 1 N–H and O–H groups in total. The zero-order valence-electron chi connectivity index (χ0n) is 18.7. The molecule has 0 radical (unpaired) electrons. The molecule has 0 spiro atoms. The van der Waals surface area contributed by atoms with Gasteiger partial charge in [0.25, 0.3) is 15.9 Å². The highest BCUT2D eigenvalue weighted by atomic mass is 35.5. The second-order valence-corrected chi connectivity index (χ2v) is 11.0. The molecule has 0 unspecified atom stereocenters. The standard InChI is InChI=1S/C26H25ClN2O4S/c1-17(19-11-10-18-6-5-7-20(18)14-19)28-26(30)25-16-29(23-15-21(27)12-13-24(23)33-25)34(31,32)22-8-3-2-4-9-22/h2-4,8-15,17,25H,5-7,16H2,1H3,(H,28,30)/t17-,25+/m1/s1. The highest BCUT2D eigenvalue weighted by molar-refractivity contribution is 7.92. The van der Waals surface area contributed by atoms with E-state index in [9.17, 15) is 13.2 Å². The summed E-state index contributed by atoms with van der Waals surface area (Å²) < 4.78 is 34.1. The fourth-order valence-corrected chi connectivity index (χ4v) is 6.21. The Morgan fingerprint density at radius 3 is 2.62 bits per heavy atom. The van der Waals surface area contributed by atoms with Crippen LogP contribution in [0.4, 0.5) is 5.69 Å². The number of rotatable bonds is 5. The third kappa shape index (κ3) is 4.26. The first-order valence-corrected chi connectivity index (χ1v) is 13.1. The van der Waals surface area contributed by atoms with Crippen molar-refractivity contribution in [2.45, 2.75) is 43.2 Å². The predicted octanol–water partition coefficient (Wildman–Crippen LogP) is 4.66. The third-order valence-corrected chi connectivity index (χ3v) is 8.42. The Labute approximate surface area is 204 Å². The van der Waals surface area contributed by atoms with Crippen LogP contribution in [0.3, 0.4) is 0 Å². The predicted molar refractivity (Wildman–Crippen MR) is 132 cm³/mol. The number of carbonyl (C=O) groups is 1. The van der Waals surface area contributed by atoms with E-state index in [0.717, 1.165) is 24.8 Å². The fraction of sp³-hybridized carbons (Fsp3) is 0.269. The van der Waals surface area contributed by atoms with E-state index in [1.807, 2.05) is 13.0 Å². The van der Waals surface area contributed by atoms with Crippen LogP contribution in [0.5, 0.6) is 5.75 Å². The van der Waals surface area contributed by atoms with E-state index >= 15 is 0 Å². The van der Waals surface area contributed by atoms with Gasteiger partial charge in [0.1, 0.15) is 5.75 Å². The van der Waals surface area contributed by atoms with Gasteiger partial charge in [0, 0.05) is 5.02 Å². The van der Waals surface area contributed by atoms with Crippen molar-refractivity contribution >= 4 is 33.2 Å². The first-order valence-electron chi connectivity index (χ1n) is 11.3. The maximum atomic E-state index is 13.5. The van der Waals surface area contributed by atoms with E-state index in [2.05, 4.69) is 17.4 Å². The molecule has 1 aliphatic heterocycles. The van der Waals surface area contributed by atoms with Crippen LogP contribution in [0, 0.1) is 0 Å². The second kappa shape index (κ2) is 8.96. The minimum Gasteiger partial charge on any atom is -0.476 e. The molecule has 6 nitrogen and oxygen atoms in total. The number of halogens is 1. The summed E-state index contributed by atoms with van der Waals surface area (Å²) in [6.07, 6.45) is 2.30. The Morgan fingerprint density at radius 2 is 1.82 bits per heavy atom. The molecular formula is C26H25ClN2O4S. The number of ether oxygens (including phenoxy) is 1. The first-order chi connectivity index (χ1) is 16.3. The van der Waals surface area contributed by atoms with Crippen molar-refractivity contribution in [1.82, 2.24) is 5.32 Å². The molecule has 2 atom stereocenters. The number of anilines is 1. The number of nitrogens with zero attached hydrogens (tertiary/aromatic N) is 1. The Morgan fingerprint density at radius 1 is 1.06 bits per heavy atom. The van der Waals surface area contributed by atoms with E-state index in [0.29, 0.717) is 16.5 Å². The Hall–Kier alpha value is -3.03. The lowest BCUT2D eigenvalue weighted by Crippen LogP contribution is -2.51. The molecule has 2 aliphatic rings. The van der Waals surface area contributed by atoms with Crippen molar-refractivity contribution in [3.05, 3.63) is 88.4 Å². The molecule has 34 heavy (non-hydrogen) atoms. The summed E-state index contributed by atoms with van der Waals surface area (Å²) >= 11 is 6.16. The van der Waals surface area contributed by atoms with Gasteiger partial charge in [-0.2, -0.15) is 0 Å². The lowest BCUT2D eigenvalue weighted by Gasteiger charge is -2.35. The Kier molecular flexibility index (Phi) is 6.00. The highest BCUT2D eigenvalue weighted by Crippen LogP contribution is 2.39. The van der Waals surface area contributed by atoms with Gasteiger partial charge in [0.15, 0.2) is 6.10 Å². The SMILES string of the molecule is C[C@@H](NC(=O)[C@@H]1CN(S(=O)(=O)c2ccccc2)c2cc(Cl)ccc2O1)c1ccc2c(c1)CCC2. The second-order valence-electron chi connectivity index (χ2n) is 8.68. The number of amides is 1. The van der Waals surface area contributed by atoms with Crippen molar-refractivity contribution in [2.75, 3.05) is 10.8 Å². The van der Waals surface area contributed by atoms with Crippen LogP contribution in [0.25, 0.3) is 0 Å². The number of benzene rings is 3. The van der Waals surface area contributed by atoms with Crippen molar-refractivity contribution < 1.29 is 17.9 Å². The molecule has 5 rings (SSSR count). The van der Waals surface area contributed by atoms with Crippen LogP contribution < -0.4 is 14.4 Å². The van der Waals surface area contributed by atoms with Crippen LogP contribution in [-0.4, -0.2) is 27.0 Å². The zero-order valence-corrected chi connectivity index (χ0v) is 20.3. The van der Waals surface area contributed by atoms with Crippen LogP contribution in [0.1, 0.15) is 36.1 Å². The summed E-state index contributed by atoms with van der Waals surface area (Å²) in [5, 5.41) is 3.38. The van der Waals surface area contributed by atoms with Crippen LogP contribution in [0.15, 0.2) is 71.6 Å². The molecule has 1 heterocycles. The molecule has 8 heteroatoms. The molecule has 0 bridgehead atoms. The number of aryl methyl sites for hydroxylation is 2. The minimum absolute atomic E-state index is 0.133. The Bertz CT molecular complexity index is 1340. The van der Waals surface area contributed by atoms with Gasteiger partial charge >= 0.3 is 0 Å². The number of carbonyl (C=O) groups excluding carboxylic acids is 1. The minimum atomic E-state index is -3.93. The van der Waals surface area contributed by atoms with Crippen LogP contribution >= 0.6 is 11.6 Å². The van der Waals surface area contributed by atoms with Gasteiger partial charge < -0.3 is 10.1 Å². The molecule has 0 fully saturated rings. The third-order valence-electron chi connectivity index (χ3n) is 6.40. The summed E-state index contributed by atoms with van der Waals surface area (Å²) in [5.41, 5.74) is 4.03. The topological polar surface area (TPSA) is 75.7 Å². The number of hydrogen-bond acceptors (Lipinski definition) is 4. The lowest BCUT2D eigenvalue weighted by molar-refractivity contribution is -0.128. The van der Waals surface area contributed by atoms with Gasteiger partial charge in [-0.1, -0.05) is 48.0 Å². The number of nitrogens with one attached hydrogen (secondary N) is 1. The molecule has 0 saturated carbocycles. The maximum absolute atomic E-state index is 13.5. The van der Waals surface area contributed by atoms with Crippen LogP contribution in [0.2, 0.25) is 5.02 Å². The quantitative estimate of drug-likeness (QED) is 0.557. The summed E-state index contributed by atoms with van der Waals surface area (Å²) in [7, 11) is -3.93. The van der Waals surface area contributed by atoms with Crippen molar-refractivity contribution in [1.29, 1.82) is 0 Å². The van der Waals surface area contributed by atoms with E-state index < -0.39 is 16.1 Å². The zero-order chi connectivity index (χ0) is 23.9. The molecule has 1 aliphatic carbocycles. The average molecular weight is 497 g/mol. The van der Waals surface area contributed by atoms with Crippen molar-refractivity contribution in [3.63, 3.8) is 0 Å². The van der Waals surface area contributed by atoms with E-state index in [-0.39, 0.29) is 23.4 Å². The van der Waals surface area contributed by atoms with Gasteiger partial charge in [-0.15, -0.1) is 0 Å². The monoisotopic (exact) mass is 496 g/mol. The molecule has 3 aromatic carbocycles. The first kappa shape index (κ1) is 22.7. The summed E-state index contributed by atoms with van der Waals surface area (Å²) in [4.78, 5) is 13.4. The van der Waals surface area contributed by atoms with Crippen molar-refractivity contribution in [3.8, 4) is 5.75 Å². The number of fused-ring (bicyclic) bond motifs is 2. The van der Waals surface area contributed by atoms with Gasteiger partial charge in [-0.25, -0.2) is 8.42 Å². The van der Waals surface area contributed by atoms with Gasteiger partial charge in [-0.3, -0.25) is 9.10 Å². The molecular weight excluding hydrogens is 472 g/mol. The van der Waals surface area contributed by atoms with Crippen LogP contribution in [-0.2, 0) is 27.7 Å². The number of sulfonamides is 1. The van der Waals surface area contributed by atoms with Gasteiger partial charge in [0.2, 0.25) is 0 Å². The summed E-state index contributed by atoms with van der Waals surface area (Å²) in [5.74, 6) is -0.0812. The summed E-state index contributed by atoms with van der Waals surface area (Å²) in [6.45, 7) is 1.76. The maximum Gasteiger partial charge on any atom is 0.264 e. The van der Waals surface area contributed by atoms with Crippen molar-refractivity contribution in [2.24, 2.45) is 0 Å². The summed E-state index contributed by atoms with van der Waals surface area (Å²) in [6, 6.07) is 19.0. The smallest absolute Gasteiger partial charge is 0.264 e. The van der Waals surface area contributed by atoms with E-state index in [4.69, 9.17) is 16.3 Å². The van der Waals surface area contributed by atoms with Gasteiger partial charge in [0.05, 0.1) is 23.2 Å². The largest absolute Gasteiger partial charge is 0.476 e. The van der Waals surface area contributed by atoms with Gasteiger partial charge in [-0.05, 0) is 73.2 Å². The normalized spacial score (nSPS) is 17.9. The average Bonchev–Trinajstić information content (AvgIpc) is 3.31. The van der Waals surface area contributed by atoms with E-state index in [1.165, 1.54) is 27.6 Å². The Balaban J connectivity index is 1.41. The lowest BCUT2D eigenvalue weighted by atomic mass is 10.0. The molecule has 3 aromatic rings. The molecule has 1 amide bonds. The van der Waals surface area contributed by atoms with E-state index in [1.54, 1.807) is 36.4 Å².